The lowest BCUT2D eigenvalue weighted by Crippen LogP contribution is -2.33. The van der Waals surface area contributed by atoms with Crippen LogP contribution in [0.15, 0.2) is 47.3 Å². The molecule has 0 aliphatic heterocycles. The molecular weight excluding hydrogens is 482 g/mol. The first-order valence-corrected chi connectivity index (χ1v) is 12.8. The molecule has 180 valence electrons. The van der Waals surface area contributed by atoms with E-state index in [1.165, 1.54) is 16.6 Å². The van der Waals surface area contributed by atoms with Crippen LogP contribution in [0.3, 0.4) is 0 Å². The predicted octanol–water partition coefficient (Wildman–Crippen LogP) is 6.17. The highest BCUT2D eigenvalue weighted by Crippen LogP contribution is 2.36. The van der Waals surface area contributed by atoms with Gasteiger partial charge in [0, 0.05) is 15.5 Å². The van der Waals surface area contributed by atoms with Crippen molar-refractivity contribution in [3.05, 3.63) is 73.8 Å². The molecule has 1 amide bonds. The third kappa shape index (κ3) is 4.34. The maximum Gasteiger partial charge on any atom is 0.263 e. The first kappa shape index (κ1) is 23.6. The summed E-state index contributed by atoms with van der Waals surface area (Å²) in [5, 5.41) is 4.01. The molecule has 5 rings (SSSR count). The number of carbonyl (C=O) groups is 1. The number of hydrogen-bond donors (Lipinski definition) is 1. The van der Waals surface area contributed by atoms with Gasteiger partial charge >= 0.3 is 0 Å². The summed E-state index contributed by atoms with van der Waals surface area (Å²) in [6, 6.07) is 12.0. The van der Waals surface area contributed by atoms with Crippen molar-refractivity contribution in [2.45, 2.75) is 45.6 Å². The number of nitrogens with zero attached hydrogens (tertiary/aromatic N) is 2. The van der Waals surface area contributed by atoms with Gasteiger partial charge in [0.15, 0.2) is 0 Å². The molecule has 1 atom stereocenters. The molecule has 0 fully saturated rings. The molecule has 0 saturated heterocycles. The number of amides is 1. The molecular formula is C27H26ClN3O3S. The molecule has 1 N–H and O–H groups in total. The summed E-state index contributed by atoms with van der Waals surface area (Å²) in [5.41, 5.74) is 3.22. The molecule has 0 spiro atoms. The average Bonchev–Trinajstić information content (AvgIpc) is 3.22. The molecule has 8 heteroatoms. The molecule has 1 aliphatic rings. The smallest absolute Gasteiger partial charge is 0.263 e. The molecule has 2 heterocycles. The Hall–Kier alpha value is -3.16. The number of anilines is 1. The van der Waals surface area contributed by atoms with Gasteiger partial charge in [0.1, 0.15) is 22.4 Å². The average molecular weight is 508 g/mol. The van der Waals surface area contributed by atoms with Gasteiger partial charge in [0.25, 0.3) is 5.56 Å². The Labute approximate surface area is 212 Å². The Morgan fingerprint density at radius 3 is 2.77 bits per heavy atom. The van der Waals surface area contributed by atoms with Crippen LogP contribution in [-0.4, -0.2) is 22.6 Å². The van der Waals surface area contributed by atoms with Gasteiger partial charge in [0.2, 0.25) is 5.91 Å². The lowest BCUT2D eigenvalue weighted by Gasteiger charge is -2.20. The van der Waals surface area contributed by atoms with E-state index < -0.39 is 6.04 Å². The fraction of sp³-hybridized carbons (Fsp3) is 0.296. The van der Waals surface area contributed by atoms with Crippen molar-refractivity contribution in [1.82, 2.24) is 9.55 Å². The minimum absolute atomic E-state index is 0.174. The van der Waals surface area contributed by atoms with Gasteiger partial charge in [-0.15, -0.1) is 11.3 Å². The van der Waals surface area contributed by atoms with Crippen LogP contribution in [0.25, 0.3) is 21.6 Å². The van der Waals surface area contributed by atoms with E-state index in [0.717, 1.165) is 47.2 Å². The summed E-state index contributed by atoms with van der Waals surface area (Å²) in [6.07, 6.45) is 4.03. The van der Waals surface area contributed by atoms with Gasteiger partial charge in [-0.2, -0.15) is 0 Å². The summed E-state index contributed by atoms with van der Waals surface area (Å²) >= 11 is 7.76. The van der Waals surface area contributed by atoms with E-state index in [2.05, 4.69) is 5.32 Å². The van der Waals surface area contributed by atoms with Crippen LogP contribution in [0.1, 0.15) is 41.8 Å². The fourth-order valence-electron chi connectivity index (χ4n) is 4.70. The maximum absolute atomic E-state index is 14.0. The molecule has 2 aromatic carbocycles. The largest absolute Gasteiger partial charge is 0.495 e. The quantitative estimate of drug-likeness (QED) is 0.350. The minimum Gasteiger partial charge on any atom is -0.495 e. The number of ether oxygens (including phenoxy) is 1. The number of thiophene rings is 1. The molecule has 0 saturated carbocycles. The van der Waals surface area contributed by atoms with Gasteiger partial charge < -0.3 is 10.1 Å². The van der Waals surface area contributed by atoms with Gasteiger partial charge in [-0.05, 0) is 69.4 Å². The number of carbonyl (C=O) groups excluding carboxylic acids is 1. The van der Waals surface area contributed by atoms with Crippen molar-refractivity contribution >= 4 is 44.7 Å². The Kier molecular flexibility index (Phi) is 6.38. The van der Waals surface area contributed by atoms with E-state index in [0.29, 0.717) is 27.7 Å². The molecule has 0 bridgehead atoms. The molecule has 1 unspecified atom stereocenters. The van der Waals surface area contributed by atoms with Crippen LogP contribution < -0.4 is 15.6 Å². The third-order valence-electron chi connectivity index (χ3n) is 6.48. The monoisotopic (exact) mass is 507 g/mol. The molecule has 35 heavy (non-hydrogen) atoms. The van der Waals surface area contributed by atoms with E-state index in [1.807, 2.05) is 31.2 Å². The Bertz CT molecular complexity index is 1510. The zero-order valence-electron chi connectivity index (χ0n) is 19.9. The van der Waals surface area contributed by atoms with Gasteiger partial charge in [-0.3, -0.25) is 14.2 Å². The second kappa shape index (κ2) is 9.47. The van der Waals surface area contributed by atoms with Crippen molar-refractivity contribution in [1.29, 1.82) is 0 Å². The third-order valence-corrected chi connectivity index (χ3v) is 7.90. The van der Waals surface area contributed by atoms with E-state index >= 15 is 0 Å². The van der Waals surface area contributed by atoms with E-state index in [1.54, 1.807) is 36.5 Å². The highest BCUT2D eigenvalue weighted by molar-refractivity contribution is 7.18. The van der Waals surface area contributed by atoms with Crippen LogP contribution in [0, 0.1) is 6.92 Å². The van der Waals surface area contributed by atoms with E-state index in [4.69, 9.17) is 21.3 Å². The predicted molar refractivity (Wildman–Crippen MR) is 142 cm³/mol. The van der Waals surface area contributed by atoms with E-state index in [-0.39, 0.29) is 11.5 Å². The molecule has 1 aliphatic carbocycles. The van der Waals surface area contributed by atoms with Gasteiger partial charge in [0.05, 0.1) is 18.2 Å². The van der Waals surface area contributed by atoms with Crippen LogP contribution >= 0.6 is 22.9 Å². The minimum atomic E-state index is -0.822. The number of nitrogens with one attached hydrogen (secondary N) is 1. The van der Waals surface area contributed by atoms with Crippen LogP contribution in [-0.2, 0) is 17.6 Å². The topological polar surface area (TPSA) is 73.2 Å². The molecule has 6 nitrogen and oxygen atoms in total. The first-order valence-electron chi connectivity index (χ1n) is 11.7. The second-order valence-corrected chi connectivity index (χ2v) is 10.4. The number of hydrogen-bond acceptors (Lipinski definition) is 5. The SMILES string of the molecule is COc1ccc(Cl)cc1NC(=O)C(C)n1c(-c2cccc(C)c2)nc2sc3c(c2c1=O)CCCC3. The maximum atomic E-state index is 14.0. The number of benzene rings is 2. The van der Waals surface area contributed by atoms with Crippen LogP contribution in [0.2, 0.25) is 5.02 Å². The fourth-order valence-corrected chi connectivity index (χ4v) is 6.12. The number of fused-ring (bicyclic) bond motifs is 3. The van der Waals surface area contributed by atoms with E-state index in [9.17, 15) is 9.59 Å². The van der Waals surface area contributed by atoms with Crippen molar-refractivity contribution < 1.29 is 9.53 Å². The number of aromatic nitrogens is 2. The standard InChI is InChI=1S/C27H26ClN3O3S/c1-15-7-6-8-17(13-15)24-30-26-23(19-9-4-5-10-22(19)35-26)27(33)31(24)16(2)25(32)29-20-14-18(28)11-12-21(20)34-3/h6-8,11-14,16H,4-5,9-10H2,1-3H3,(H,29,32). The van der Waals surface area contributed by atoms with Crippen LogP contribution in [0.4, 0.5) is 5.69 Å². The molecule has 0 radical (unpaired) electrons. The molecule has 2 aromatic heterocycles. The summed E-state index contributed by atoms with van der Waals surface area (Å²) in [5.74, 6) is 0.624. The highest BCUT2D eigenvalue weighted by atomic mass is 35.5. The number of aryl methyl sites for hydroxylation is 3. The highest BCUT2D eigenvalue weighted by Gasteiger charge is 2.27. The van der Waals surface area contributed by atoms with Crippen molar-refractivity contribution in [3.63, 3.8) is 0 Å². The Morgan fingerprint density at radius 2 is 2.00 bits per heavy atom. The molecule has 4 aromatic rings. The lowest BCUT2D eigenvalue weighted by molar-refractivity contribution is -0.118. The second-order valence-electron chi connectivity index (χ2n) is 8.88. The Morgan fingerprint density at radius 1 is 1.20 bits per heavy atom. The normalized spacial score (nSPS) is 13.9. The van der Waals surface area contributed by atoms with Crippen molar-refractivity contribution in [2.24, 2.45) is 0 Å². The zero-order valence-corrected chi connectivity index (χ0v) is 21.4. The Balaban J connectivity index is 1.67. The van der Waals surface area contributed by atoms with Gasteiger partial charge in [-0.1, -0.05) is 35.4 Å². The number of halogens is 1. The van der Waals surface area contributed by atoms with Crippen molar-refractivity contribution in [2.75, 3.05) is 12.4 Å². The summed E-state index contributed by atoms with van der Waals surface area (Å²) in [6.45, 7) is 3.72. The number of methoxy groups -OCH3 is 1. The number of rotatable bonds is 5. The van der Waals surface area contributed by atoms with Gasteiger partial charge in [-0.25, -0.2) is 4.98 Å². The zero-order chi connectivity index (χ0) is 24.7. The summed E-state index contributed by atoms with van der Waals surface area (Å²) < 4.78 is 6.91. The summed E-state index contributed by atoms with van der Waals surface area (Å²) in [7, 11) is 1.53. The summed E-state index contributed by atoms with van der Waals surface area (Å²) in [4.78, 5) is 34.4. The first-order chi connectivity index (χ1) is 16.9. The lowest BCUT2D eigenvalue weighted by atomic mass is 9.97. The van der Waals surface area contributed by atoms with Crippen molar-refractivity contribution in [3.8, 4) is 17.1 Å². The van der Waals surface area contributed by atoms with Crippen LogP contribution in [0.5, 0.6) is 5.75 Å².